The summed E-state index contributed by atoms with van der Waals surface area (Å²) < 4.78 is 7.31. The van der Waals surface area contributed by atoms with Gasteiger partial charge in [-0.15, -0.1) is 0 Å². The van der Waals surface area contributed by atoms with Gasteiger partial charge in [-0.2, -0.15) is 5.10 Å². The molecule has 2 heterocycles. The molecule has 1 aliphatic rings. The van der Waals surface area contributed by atoms with Gasteiger partial charge in [0.2, 0.25) is 0 Å². The molecule has 28 heavy (non-hydrogen) atoms. The van der Waals surface area contributed by atoms with E-state index in [1.807, 2.05) is 36.7 Å². The van der Waals surface area contributed by atoms with Crippen LogP contribution in [0.1, 0.15) is 25.0 Å². The summed E-state index contributed by atoms with van der Waals surface area (Å²) in [6.45, 7) is 5.02. The molecule has 3 aromatic rings. The highest BCUT2D eigenvalue weighted by Crippen LogP contribution is 2.54. The van der Waals surface area contributed by atoms with Crippen molar-refractivity contribution in [2.75, 3.05) is 13.7 Å². The number of hydrogen-bond acceptors (Lipinski definition) is 6. The SMILES string of the molecule is CCc1c([N+](=O)[O-])c2c3c(nn(CCN)c3c1CC)-c1cc(OC)ccc1S2. The molecule has 0 saturated carbocycles. The molecule has 2 aromatic carbocycles. The third-order valence-corrected chi connectivity index (χ3v) is 6.39. The standard InChI is InChI=1S/C20H22N4O3S/c1-4-12-13(5-2)19(24(25)26)20-16-17(22-23(9-8-21)18(12)16)14-10-11(27-3)6-7-15(14)28-20/h6-7,10H,4-5,8-9,21H2,1-3H3. The predicted molar refractivity (Wildman–Crippen MR) is 110 cm³/mol. The lowest BCUT2D eigenvalue weighted by Crippen LogP contribution is -2.12. The Bertz CT molecular complexity index is 1110. The van der Waals surface area contributed by atoms with E-state index >= 15 is 0 Å². The molecule has 0 aliphatic carbocycles. The van der Waals surface area contributed by atoms with Gasteiger partial charge in [0.15, 0.2) is 0 Å². The van der Waals surface area contributed by atoms with E-state index in [1.165, 1.54) is 11.8 Å². The van der Waals surface area contributed by atoms with E-state index in [1.54, 1.807) is 7.11 Å². The van der Waals surface area contributed by atoms with Gasteiger partial charge in [-0.05, 0) is 36.6 Å². The van der Waals surface area contributed by atoms with Gasteiger partial charge in [0.05, 0.1) is 24.1 Å². The van der Waals surface area contributed by atoms with Crippen LogP contribution in [0.25, 0.3) is 22.2 Å². The Morgan fingerprint density at radius 1 is 1.29 bits per heavy atom. The summed E-state index contributed by atoms with van der Waals surface area (Å²) in [5.74, 6) is 0.736. The van der Waals surface area contributed by atoms with Crippen LogP contribution >= 0.6 is 11.8 Å². The highest BCUT2D eigenvalue weighted by atomic mass is 32.2. The average molecular weight is 398 g/mol. The molecule has 0 atom stereocenters. The van der Waals surface area contributed by atoms with E-state index < -0.39 is 0 Å². The Kier molecular flexibility index (Phi) is 4.76. The predicted octanol–water partition coefficient (Wildman–Crippen LogP) is 4.17. The molecule has 4 rings (SSSR count). The van der Waals surface area contributed by atoms with Crippen LogP contribution in [0.3, 0.4) is 0 Å². The number of aryl methyl sites for hydroxylation is 1. The van der Waals surface area contributed by atoms with Gasteiger partial charge in [0.25, 0.3) is 5.69 Å². The minimum atomic E-state index is -0.238. The maximum absolute atomic E-state index is 12.1. The van der Waals surface area contributed by atoms with Crippen LogP contribution in [0.15, 0.2) is 28.0 Å². The zero-order chi connectivity index (χ0) is 20.0. The van der Waals surface area contributed by atoms with E-state index in [0.29, 0.717) is 30.8 Å². The Morgan fingerprint density at radius 2 is 2.04 bits per heavy atom. The van der Waals surface area contributed by atoms with E-state index in [4.69, 9.17) is 15.6 Å². The zero-order valence-electron chi connectivity index (χ0n) is 16.1. The molecule has 7 nitrogen and oxygen atoms in total. The molecule has 1 aliphatic heterocycles. The highest BCUT2D eigenvalue weighted by molar-refractivity contribution is 8.00. The van der Waals surface area contributed by atoms with E-state index in [0.717, 1.165) is 43.9 Å². The molecule has 1 aromatic heterocycles. The van der Waals surface area contributed by atoms with Crippen LogP contribution in [-0.2, 0) is 19.4 Å². The highest BCUT2D eigenvalue weighted by Gasteiger charge is 2.34. The Hall–Kier alpha value is -2.58. The zero-order valence-corrected chi connectivity index (χ0v) is 16.9. The number of hydrogen-bond donors (Lipinski definition) is 1. The molecule has 8 heteroatoms. The molecule has 0 fully saturated rings. The molecule has 146 valence electrons. The third kappa shape index (κ3) is 2.59. The van der Waals surface area contributed by atoms with Crippen LogP contribution in [-0.4, -0.2) is 28.4 Å². The van der Waals surface area contributed by atoms with Crippen molar-refractivity contribution >= 4 is 28.4 Å². The largest absolute Gasteiger partial charge is 0.497 e. The fourth-order valence-corrected chi connectivity index (χ4v) is 5.28. The maximum Gasteiger partial charge on any atom is 0.287 e. The van der Waals surface area contributed by atoms with Crippen LogP contribution in [0.2, 0.25) is 0 Å². The number of aromatic nitrogens is 2. The molecular formula is C20H22N4O3S. The normalized spacial score (nSPS) is 12.3. The first-order chi connectivity index (χ1) is 13.5. The number of benzene rings is 2. The molecule has 0 unspecified atom stereocenters. The number of nitrogens with two attached hydrogens (primary N) is 1. The number of methoxy groups -OCH3 is 1. The number of nitro benzene ring substituents is 1. The van der Waals surface area contributed by atoms with E-state index in [-0.39, 0.29) is 10.6 Å². The van der Waals surface area contributed by atoms with Crippen molar-refractivity contribution in [1.82, 2.24) is 9.78 Å². The summed E-state index contributed by atoms with van der Waals surface area (Å²) in [6, 6.07) is 5.77. The fraction of sp³-hybridized carbons (Fsp3) is 0.350. The summed E-state index contributed by atoms with van der Waals surface area (Å²) in [5, 5.41) is 17.8. The summed E-state index contributed by atoms with van der Waals surface area (Å²) in [4.78, 5) is 13.5. The Labute approximate surface area is 167 Å². The molecule has 0 amide bonds. The number of fused-ring (bicyclic) bond motifs is 2. The fourth-order valence-electron chi connectivity index (χ4n) is 4.07. The first kappa shape index (κ1) is 18.8. The lowest BCUT2D eigenvalue weighted by atomic mass is 9.95. The summed E-state index contributed by atoms with van der Waals surface area (Å²) in [7, 11) is 1.63. The number of ether oxygens (including phenoxy) is 1. The Morgan fingerprint density at radius 3 is 2.64 bits per heavy atom. The van der Waals surface area contributed by atoms with Crippen molar-refractivity contribution in [3.8, 4) is 17.0 Å². The Balaban J connectivity index is 2.19. The van der Waals surface area contributed by atoms with Gasteiger partial charge in [0, 0.05) is 28.0 Å². The molecular weight excluding hydrogens is 376 g/mol. The summed E-state index contributed by atoms with van der Waals surface area (Å²) in [6.07, 6.45) is 1.30. The first-order valence-corrected chi connectivity index (χ1v) is 10.2. The van der Waals surface area contributed by atoms with E-state index in [2.05, 4.69) is 0 Å². The van der Waals surface area contributed by atoms with Crippen molar-refractivity contribution in [3.05, 3.63) is 39.4 Å². The summed E-state index contributed by atoms with van der Waals surface area (Å²) in [5.41, 5.74) is 10.5. The minimum Gasteiger partial charge on any atom is -0.497 e. The van der Waals surface area contributed by atoms with Crippen LogP contribution < -0.4 is 10.5 Å². The molecule has 0 spiro atoms. The molecule has 0 bridgehead atoms. The molecule has 2 N–H and O–H groups in total. The van der Waals surface area contributed by atoms with Gasteiger partial charge in [-0.25, -0.2) is 0 Å². The lowest BCUT2D eigenvalue weighted by molar-refractivity contribution is -0.388. The van der Waals surface area contributed by atoms with Crippen LogP contribution in [0, 0.1) is 10.1 Å². The summed E-state index contributed by atoms with van der Waals surface area (Å²) >= 11 is 1.45. The van der Waals surface area contributed by atoms with Crippen LogP contribution in [0.5, 0.6) is 5.75 Å². The number of nitro groups is 1. The van der Waals surface area contributed by atoms with Gasteiger partial charge < -0.3 is 10.5 Å². The quantitative estimate of drug-likeness (QED) is 0.387. The van der Waals surface area contributed by atoms with E-state index in [9.17, 15) is 10.1 Å². The second-order valence-electron chi connectivity index (χ2n) is 6.65. The second-order valence-corrected chi connectivity index (χ2v) is 7.70. The van der Waals surface area contributed by atoms with Crippen molar-refractivity contribution in [3.63, 3.8) is 0 Å². The smallest absolute Gasteiger partial charge is 0.287 e. The van der Waals surface area contributed by atoms with Gasteiger partial charge >= 0.3 is 0 Å². The van der Waals surface area contributed by atoms with Gasteiger partial charge in [-0.1, -0.05) is 25.6 Å². The minimum absolute atomic E-state index is 0.215. The van der Waals surface area contributed by atoms with Crippen molar-refractivity contribution in [1.29, 1.82) is 0 Å². The monoisotopic (exact) mass is 398 g/mol. The van der Waals surface area contributed by atoms with Crippen LogP contribution in [0.4, 0.5) is 5.69 Å². The molecule has 0 radical (unpaired) electrons. The first-order valence-electron chi connectivity index (χ1n) is 9.34. The van der Waals surface area contributed by atoms with Gasteiger partial charge in [-0.3, -0.25) is 14.8 Å². The van der Waals surface area contributed by atoms with Crippen molar-refractivity contribution in [2.24, 2.45) is 5.73 Å². The number of rotatable bonds is 6. The second kappa shape index (κ2) is 7.10. The lowest BCUT2D eigenvalue weighted by Gasteiger charge is -2.19. The number of nitrogens with zero attached hydrogens (tertiary/aromatic N) is 3. The maximum atomic E-state index is 12.1. The van der Waals surface area contributed by atoms with Crippen molar-refractivity contribution in [2.45, 2.75) is 43.0 Å². The van der Waals surface area contributed by atoms with Crippen molar-refractivity contribution < 1.29 is 9.66 Å². The average Bonchev–Trinajstić information content (AvgIpc) is 3.07. The topological polar surface area (TPSA) is 96.2 Å². The molecule has 0 saturated heterocycles. The van der Waals surface area contributed by atoms with Gasteiger partial charge in [0.1, 0.15) is 16.3 Å². The third-order valence-electron chi connectivity index (χ3n) is 5.21.